The van der Waals surface area contributed by atoms with Crippen molar-refractivity contribution in [3.63, 3.8) is 0 Å². The Morgan fingerprint density at radius 2 is 1.09 bits per heavy atom. The minimum absolute atomic E-state index is 0. The van der Waals surface area contributed by atoms with Crippen molar-refractivity contribution in [2.75, 3.05) is 13.2 Å². The second-order valence-corrected chi connectivity index (χ2v) is 2.12. The molecule has 0 unspecified atom stereocenters. The van der Waals surface area contributed by atoms with Crippen molar-refractivity contribution in [2.45, 2.75) is 39.5 Å². The summed E-state index contributed by atoms with van der Waals surface area (Å²) in [5.41, 5.74) is 0. The molecule has 0 atom stereocenters. The maximum atomic E-state index is 9.53. The Bertz CT molecular complexity index is 33.1. The third-order valence-electron chi connectivity index (χ3n) is 0.996. The van der Waals surface area contributed by atoms with Crippen molar-refractivity contribution >= 4 is 17.6 Å². The molecule has 0 aromatic rings. The standard InChI is InChI=1S/2C4H9O.GeH2/c2*1-2-3-4-5;/h2*2-4H2,1H3;1H2/q2*-1;+2. The zero-order valence-electron chi connectivity index (χ0n) is 7.77. The van der Waals surface area contributed by atoms with Crippen LogP contribution in [0.15, 0.2) is 0 Å². The Morgan fingerprint density at radius 1 is 0.818 bits per heavy atom. The number of unbranched alkanes of at least 4 members (excludes halogenated alkanes) is 2. The average Bonchev–Trinajstić information content (AvgIpc) is 1.93. The van der Waals surface area contributed by atoms with Crippen LogP contribution in [-0.2, 0) is 0 Å². The van der Waals surface area contributed by atoms with Gasteiger partial charge in [-0.1, -0.05) is 39.5 Å². The predicted molar refractivity (Wildman–Crippen MR) is 48.1 cm³/mol. The summed E-state index contributed by atoms with van der Waals surface area (Å²) in [6.45, 7) is 4.21. The van der Waals surface area contributed by atoms with Gasteiger partial charge in [0, 0.05) is 0 Å². The molecule has 0 fully saturated rings. The molecule has 0 aromatic carbocycles. The van der Waals surface area contributed by atoms with Crippen LogP contribution in [0.1, 0.15) is 39.5 Å². The van der Waals surface area contributed by atoms with Gasteiger partial charge in [0.15, 0.2) is 0 Å². The first-order chi connectivity index (χ1) is 4.83. The SMILES string of the molecule is CCCC[O-].CCCC[O-].[GeH2+2]. The van der Waals surface area contributed by atoms with Gasteiger partial charge in [-0.05, 0) is 0 Å². The summed E-state index contributed by atoms with van der Waals surface area (Å²) in [5, 5.41) is 19.1. The van der Waals surface area contributed by atoms with E-state index in [1.807, 2.05) is 13.8 Å². The molecule has 68 valence electrons. The second-order valence-electron chi connectivity index (χ2n) is 2.12. The van der Waals surface area contributed by atoms with E-state index >= 15 is 0 Å². The zero-order chi connectivity index (χ0) is 8.24. The van der Waals surface area contributed by atoms with Gasteiger partial charge in [0.25, 0.3) is 0 Å². The molecule has 0 bridgehead atoms. The summed E-state index contributed by atoms with van der Waals surface area (Å²) in [6, 6.07) is 0. The molecule has 0 aliphatic heterocycles. The fraction of sp³-hybridized carbons (Fsp3) is 1.00. The van der Waals surface area contributed by atoms with E-state index in [4.69, 9.17) is 0 Å². The first kappa shape index (κ1) is 17.5. The zero-order valence-corrected chi connectivity index (χ0v) is 10.7. The topological polar surface area (TPSA) is 46.1 Å². The Kier molecular flexibility index (Phi) is 35.7. The van der Waals surface area contributed by atoms with Gasteiger partial charge in [0.1, 0.15) is 0 Å². The monoisotopic (exact) mass is 222 g/mol. The van der Waals surface area contributed by atoms with Gasteiger partial charge in [-0.2, -0.15) is 0 Å². The molecule has 0 saturated carbocycles. The van der Waals surface area contributed by atoms with Gasteiger partial charge in [-0.3, -0.25) is 0 Å². The summed E-state index contributed by atoms with van der Waals surface area (Å²) in [4.78, 5) is 0. The summed E-state index contributed by atoms with van der Waals surface area (Å²) in [5.74, 6) is 0. The van der Waals surface area contributed by atoms with E-state index in [-0.39, 0.29) is 30.8 Å². The van der Waals surface area contributed by atoms with Crippen molar-refractivity contribution in [3.05, 3.63) is 0 Å². The van der Waals surface area contributed by atoms with Crippen LogP contribution in [0.5, 0.6) is 0 Å². The molecule has 0 N–H and O–H groups in total. The average molecular weight is 221 g/mol. The van der Waals surface area contributed by atoms with Crippen LogP contribution in [-0.4, -0.2) is 30.8 Å². The van der Waals surface area contributed by atoms with E-state index in [2.05, 4.69) is 0 Å². The Balaban J connectivity index is -0.000000107. The van der Waals surface area contributed by atoms with E-state index in [1.165, 1.54) is 0 Å². The van der Waals surface area contributed by atoms with E-state index in [9.17, 15) is 10.2 Å². The molecule has 0 radical (unpaired) electrons. The van der Waals surface area contributed by atoms with E-state index < -0.39 is 0 Å². The van der Waals surface area contributed by atoms with Crippen molar-refractivity contribution in [1.29, 1.82) is 0 Å². The molecule has 0 amide bonds. The number of hydrogen-bond donors (Lipinski definition) is 0. The van der Waals surface area contributed by atoms with Crippen LogP contribution in [0.2, 0.25) is 0 Å². The molecule has 0 rings (SSSR count). The van der Waals surface area contributed by atoms with Gasteiger partial charge in [0.2, 0.25) is 0 Å². The molecule has 0 spiro atoms. The quantitative estimate of drug-likeness (QED) is 0.593. The fourth-order valence-electron chi connectivity index (χ4n) is 0.289. The van der Waals surface area contributed by atoms with Crippen molar-refractivity contribution in [3.8, 4) is 0 Å². The van der Waals surface area contributed by atoms with Gasteiger partial charge < -0.3 is 10.2 Å². The Hall–Kier alpha value is 0.463. The molecule has 0 aliphatic carbocycles. The van der Waals surface area contributed by atoms with E-state index in [0.717, 1.165) is 25.7 Å². The molecule has 11 heavy (non-hydrogen) atoms. The molecule has 2 nitrogen and oxygen atoms in total. The number of hydrogen-bond acceptors (Lipinski definition) is 2. The van der Waals surface area contributed by atoms with Crippen LogP contribution < -0.4 is 10.2 Å². The van der Waals surface area contributed by atoms with Gasteiger partial charge in [-0.15, -0.1) is 13.2 Å². The Morgan fingerprint density at radius 3 is 1.09 bits per heavy atom. The summed E-state index contributed by atoms with van der Waals surface area (Å²) < 4.78 is 0. The summed E-state index contributed by atoms with van der Waals surface area (Å²) >= 11 is 0. The van der Waals surface area contributed by atoms with Crippen molar-refractivity contribution in [2.24, 2.45) is 0 Å². The molecule has 0 aliphatic rings. The van der Waals surface area contributed by atoms with Crippen LogP contribution in [0, 0.1) is 0 Å². The van der Waals surface area contributed by atoms with Crippen molar-refractivity contribution in [1.82, 2.24) is 0 Å². The fourth-order valence-corrected chi connectivity index (χ4v) is 0.289. The predicted octanol–water partition coefficient (Wildman–Crippen LogP) is -0.623. The molecule has 0 saturated heterocycles. The normalized spacial score (nSPS) is 7.64. The minimum atomic E-state index is 0. The van der Waals surface area contributed by atoms with Gasteiger partial charge >= 0.3 is 17.6 Å². The molecule has 3 heteroatoms. The maximum absolute atomic E-state index is 9.53. The number of rotatable bonds is 4. The molecular formula is C8H20GeO2. The first-order valence-electron chi connectivity index (χ1n) is 3.99. The van der Waals surface area contributed by atoms with Crippen LogP contribution in [0.3, 0.4) is 0 Å². The van der Waals surface area contributed by atoms with Gasteiger partial charge in [-0.25, -0.2) is 0 Å². The summed E-state index contributed by atoms with van der Waals surface area (Å²) in [7, 11) is 0. The third kappa shape index (κ3) is 37.6. The molecule has 0 aromatic heterocycles. The second kappa shape index (κ2) is 22.4. The van der Waals surface area contributed by atoms with E-state index in [0.29, 0.717) is 0 Å². The van der Waals surface area contributed by atoms with Crippen LogP contribution in [0.25, 0.3) is 0 Å². The first-order valence-corrected chi connectivity index (χ1v) is 3.99. The van der Waals surface area contributed by atoms with Crippen LogP contribution in [0.4, 0.5) is 0 Å². The Labute approximate surface area is 81.0 Å². The molecular weight excluding hydrogens is 201 g/mol. The van der Waals surface area contributed by atoms with E-state index in [1.54, 1.807) is 0 Å². The van der Waals surface area contributed by atoms with Crippen LogP contribution >= 0.6 is 0 Å². The third-order valence-corrected chi connectivity index (χ3v) is 0.996. The summed E-state index contributed by atoms with van der Waals surface area (Å²) in [6.07, 6.45) is 3.73. The van der Waals surface area contributed by atoms with Gasteiger partial charge in [0.05, 0.1) is 0 Å². The molecule has 0 heterocycles. The van der Waals surface area contributed by atoms with Crippen molar-refractivity contribution < 1.29 is 10.2 Å².